The van der Waals surface area contributed by atoms with Crippen LogP contribution in [0, 0.1) is 5.92 Å². The first-order valence-electron chi connectivity index (χ1n) is 7.84. The molecule has 1 aliphatic carbocycles. The largest absolute Gasteiger partial charge is 0.278 e. The number of benzene rings is 2. The Bertz CT molecular complexity index is 823. The third-order valence-electron chi connectivity index (χ3n) is 4.85. The summed E-state index contributed by atoms with van der Waals surface area (Å²) < 4.78 is 0. The number of carbonyl (C=O) groups is 2. The first-order valence-corrected chi connectivity index (χ1v) is 7.84. The minimum atomic E-state index is -0.179. The molecule has 114 valence electrons. The van der Waals surface area contributed by atoms with E-state index in [-0.39, 0.29) is 23.7 Å². The van der Waals surface area contributed by atoms with Gasteiger partial charge in [0.15, 0.2) is 0 Å². The summed E-state index contributed by atoms with van der Waals surface area (Å²) in [6, 6.07) is 18.4. The predicted molar refractivity (Wildman–Crippen MR) is 88.6 cm³/mol. The second-order valence-corrected chi connectivity index (χ2v) is 6.16. The van der Waals surface area contributed by atoms with Crippen LogP contribution in [-0.2, 0) is 9.59 Å². The van der Waals surface area contributed by atoms with Gasteiger partial charge in [-0.25, -0.2) is 0 Å². The Labute approximate surface area is 135 Å². The Balaban J connectivity index is 1.89. The number of likely N-dealkylation sites (tertiary alicyclic amines) is 1. The van der Waals surface area contributed by atoms with Crippen molar-refractivity contribution in [3.05, 3.63) is 76.9 Å². The van der Waals surface area contributed by atoms with Crippen LogP contribution in [0.15, 0.2) is 60.2 Å². The average Bonchev–Trinajstić information content (AvgIpc) is 2.90. The van der Waals surface area contributed by atoms with Crippen molar-refractivity contribution in [2.45, 2.75) is 12.8 Å². The minimum absolute atomic E-state index is 0.0312. The molecule has 2 atom stereocenters. The molecule has 23 heavy (non-hydrogen) atoms. The smallest absolute Gasteiger partial charge is 0.256 e. The molecule has 0 aromatic heterocycles. The van der Waals surface area contributed by atoms with Gasteiger partial charge in [-0.3, -0.25) is 14.5 Å². The van der Waals surface area contributed by atoms with Crippen molar-refractivity contribution in [3.8, 4) is 0 Å². The predicted octanol–water partition coefficient (Wildman–Crippen LogP) is 3.22. The van der Waals surface area contributed by atoms with Gasteiger partial charge < -0.3 is 0 Å². The van der Waals surface area contributed by atoms with Gasteiger partial charge in [-0.2, -0.15) is 0 Å². The second-order valence-electron chi connectivity index (χ2n) is 6.16. The van der Waals surface area contributed by atoms with Gasteiger partial charge in [-0.1, -0.05) is 54.6 Å². The van der Waals surface area contributed by atoms with Gasteiger partial charge in [0.1, 0.15) is 0 Å². The SMILES string of the molecule is CC(=O)N1C[C@H]2C(=Cc3ccccc3[C@@H]2c2ccccc2)C1=O. The number of hydrogen-bond donors (Lipinski definition) is 0. The third-order valence-corrected chi connectivity index (χ3v) is 4.85. The molecular formula is C20H17NO2. The molecule has 0 radical (unpaired) electrons. The van der Waals surface area contributed by atoms with Crippen molar-refractivity contribution in [2.24, 2.45) is 5.92 Å². The molecule has 3 heteroatoms. The standard InChI is InChI=1S/C20H17NO2/c1-13(22)21-12-18-17(20(21)23)11-15-9-5-6-10-16(15)19(18)14-7-3-2-4-8-14/h2-11,18-19H,12H2,1H3/t18-,19-/m0/s1. The van der Waals surface area contributed by atoms with Gasteiger partial charge >= 0.3 is 0 Å². The summed E-state index contributed by atoms with van der Waals surface area (Å²) >= 11 is 0. The summed E-state index contributed by atoms with van der Waals surface area (Å²) in [5, 5.41) is 0. The van der Waals surface area contributed by atoms with Crippen molar-refractivity contribution < 1.29 is 9.59 Å². The molecule has 1 aliphatic heterocycles. The van der Waals surface area contributed by atoms with Crippen molar-refractivity contribution in [1.82, 2.24) is 4.90 Å². The van der Waals surface area contributed by atoms with Crippen LogP contribution in [0.4, 0.5) is 0 Å². The fourth-order valence-electron chi connectivity index (χ4n) is 3.80. The van der Waals surface area contributed by atoms with Gasteiger partial charge in [0.05, 0.1) is 0 Å². The normalized spacial score (nSPS) is 22.4. The van der Waals surface area contributed by atoms with Crippen molar-refractivity contribution in [2.75, 3.05) is 6.54 Å². The molecule has 0 spiro atoms. The fourth-order valence-corrected chi connectivity index (χ4v) is 3.80. The van der Waals surface area contributed by atoms with Gasteiger partial charge in [-0.15, -0.1) is 0 Å². The van der Waals surface area contributed by atoms with E-state index in [1.165, 1.54) is 23.0 Å². The first-order chi connectivity index (χ1) is 11.2. The zero-order valence-corrected chi connectivity index (χ0v) is 12.9. The molecule has 2 amide bonds. The summed E-state index contributed by atoms with van der Waals surface area (Å²) in [6.07, 6.45) is 1.96. The highest BCUT2D eigenvalue weighted by Gasteiger charge is 2.44. The van der Waals surface area contributed by atoms with Gasteiger partial charge in [-0.05, 0) is 22.8 Å². The number of fused-ring (bicyclic) bond motifs is 2. The van der Waals surface area contributed by atoms with E-state index in [2.05, 4.69) is 18.2 Å². The lowest BCUT2D eigenvalue weighted by Crippen LogP contribution is -2.30. The number of carbonyl (C=O) groups excluding carboxylic acids is 2. The van der Waals surface area contributed by atoms with E-state index in [1.54, 1.807) is 0 Å². The van der Waals surface area contributed by atoms with E-state index in [0.717, 1.165) is 11.1 Å². The number of imide groups is 1. The molecule has 1 fully saturated rings. The Morgan fingerprint density at radius 3 is 2.48 bits per heavy atom. The highest BCUT2D eigenvalue weighted by Crippen LogP contribution is 2.46. The van der Waals surface area contributed by atoms with Crippen molar-refractivity contribution >= 4 is 17.9 Å². The highest BCUT2D eigenvalue weighted by molar-refractivity contribution is 6.09. The van der Waals surface area contributed by atoms with E-state index in [1.807, 2.05) is 42.5 Å². The zero-order valence-electron chi connectivity index (χ0n) is 12.9. The molecular weight excluding hydrogens is 286 g/mol. The second kappa shape index (κ2) is 5.20. The fraction of sp³-hybridized carbons (Fsp3) is 0.200. The Hall–Kier alpha value is -2.68. The number of hydrogen-bond acceptors (Lipinski definition) is 2. The van der Waals surface area contributed by atoms with E-state index < -0.39 is 0 Å². The Kier molecular flexibility index (Phi) is 3.15. The van der Waals surface area contributed by atoms with Crippen LogP contribution in [0.5, 0.6) is 0 Å². The summed E-state index contributed by atoms with van der Waals surface area (Å²) in [5.74, 6) is -0.177. The summed E-state index contributed by atoms with van der Waals surface area (Å²) in [6.45, 7) is 1.92. The highest BCUT2D eigenvalue weighted by atomic mass is 16.2. The average molecular weight is 303 g/mol. The topological polar surface area (TPSA) is 37.4 Å². The van der Waals surface area contributed by atoms with Gasteiger partial charge in [0.25, 0.3) is 5.91 Å². The van der Waals surface area contributed by atoms with Crippen LogP contribution in [-0.4, -0.2) is 23.3 Å². The van der Waals surface area contributed by atoms with E-state index in [0.29, 0.717) is 6.54 Å². The third kappa shape index (κ3) is 2.12. The maximum Gasteiger partial charge on any atom is 0.256 e. The maximum atomic E-state index is 12.6. The Morgan fingerprint density at radius 1 is 1.04 bits per heavy atom. The molecule has 2 aliphatic rings. The maximum absolute atomic E-state index is 12.6. The Morgan fingerprint density at radius 2 is 1.74 bits per heavy atom. The van der Waals surface area contributed by atoms with E-state index >= 15 is 0 Å². The molecule has 4 rings (SSSR count). The van der Waals surface area contributed by atoms with Crippen LogP contribution >= 0.6 is 0 Å². The monoisotopic (exact) mass is 303 g/mol. The summed E-state index contributed by atoms with van der Waals surface area (Å²) in [5.41, 5.74) is 4.25. The van der Waals surface area contributed by atoms with E-state index in [9.17, 15) is 9.59 Å². The lowest BCUT2D eigenvalue weighted by Gasteiger charge is -2.29. The van der Waals surface area contributed by atoms with Crippen LogP contribution in [0.1, 0.15) is 29.5 Å². The summed E-state index contributed by atoms with van der Waals surface area (Å²) in [7, 11) is 0. The molecule has 0 bridgehead atoms. The molecule has 1 heterocycles. The lowest BCUT2D eigenvalue weighted by molar-refractivity contribution is -0.138. The molecule has 0 unspecified atom stereocenters. The number of amides is 2. The number of rotatable bonds is 1. The van der Waals surface area contributed by atoms with E-state index in [4.69, 9.17) is 0 Å². The van der Waals surface area contributed by atoms with Crippen LogP contribution in [0.2, 0.25) is 0 Å². The number of nitrogens with zero attached hydrogens (tertiary/aromatic N) is 1. The molecule has 2 aromatic carbocycles. The first kappa shape index (κ1) is 13.9. The molecule has 0 N–H and O–H groups in total. The lowest BCUT2D eigenvalue weighted by atomic mass is 9.73. The quantitative estimate of drug-likeness (QED) is 0.811. The van der Waals surface area contributed by atoms with Crippen molar-refractivity contribution in [3.63, 3.8) is 0 Å². The minimum Gasteiger partial charge on any atom is -0.278 e. The van der Waals surface area contributed by atoms with Gasteiger partial charge in [0, 0.05) is 30.9 Å². The summed E-state index contributed by atoms with van der Waals surface area (Å²) in [4.78, 5) is 25.8. The molecule has 2 aromatic rings. The van der Waals surface area contributed by atoms with Gasteiger partial charge in [0.2, 0.25) is 5.91 Å². The van der Waals surface area contributed by atoms with Crippen LogP contribution < -0.4 is 0 Å². The molecule has 3 nitrogen and oxygen atoms in total. The molecule has 0 saturated carbocycles. The van der Waals surface area contributed by atoms with Crippen LogP contribution in [0.3, 0.4) is 0 Å². The van der Waals surface area contributed by atoms with Crippen LogP contribution in [0.25, 0.3) is 6.08 Å². The van der Waals surface area contributed by atoms with Crippen molar-refractivity contribution in [1.29, 1.82) is 0 Å². The zero-order chi connectivity index (χ0) is 16.0. The molecule has 1 saturated heterocycles.